The topological polar surface area (TPSA) is 97.3 Å². The second-order valence-electron chi connectivity index (χ2n) is 5.39. The number of nitrogens with one attached hydrogen (secondary N) is 1. The highest BCUT2D eigenvalue weighted by molar-refractivity contribution is 5.52. The van der Waals surface area contributed by atoms with Crippen LogP contribution >= 0.6 is 0 Å². The average molecular weight is 279 g/mol. The first-order valence-electron chi connectivity index (χ1n) is 6.93. The highest BCUT2D eigenvalue weighted by atomic mass is 16.6. The van der Waals surface area contributed by atoms with E-state index in [0.717, 1.165) is 13.1 Å². The van der Waals surface area contributed by atoms with Crippen molar-refractivity contribution in [3.63, 3.8) is 0 Å². The van der Waals surface area contributed by atoms with Crippen LogP contribution in [-0.2, 0) is 0 Å². The van der Waals surface area contributed by atoms with E-state index < -0.39 is 4.92 Å². The van der Waals surface area contributed by atoms with Crippen molar-refractivity contribution in [2.24, 2.45) is 5.92 Å². The first-order chi connectivity index (χ1) is 9.54. The number of nitrogens with two attached hydrogens (primary N) is 1. The predicted octanol–water partition coefficient (Wildman–Crippen LogP) is 1.72. The molecule has 1 aromatic rings. The fraction of sp³-hybridized carbons (Fsp3) is 0.615. The molecule has 1 aromatic heterocycles. The van der Waals surface area contributed by atoms with Crippen LogP contribution in [0.4, 0.5) is 17.3 Å². The standard InChI is InChI=1S/C13H21N5O2/c1-10(9-17-4-2-3-5-17)8-15-13-7-11(18(19)20)6-12(14)16-13/h6-7,10H,2-5,8-9H2,1H3,(H3,14,15,16). The molecule has 0 aliphatic carbocycles. The molecule has 0 radical (unpaired) electrons. The molecule has 1 aliphatic heterocycles. The van der Waals surface area contributed by atoms with Crippen molar-refractivity contribution >= 4 is 17.3 Å². The van der Waals surface area contributed by atoms with Gasteiger partial charge >= 0.3 is 0 Å². The third kappa shape index (κ3) is 4.06. The van der Waals surface area contributed by atoms with E-state index in [1.807, 2.05) is 0 Å². The minimum Gasteiger partial charge on any atom is -0.383 e. The van der Waals surface area contributed by atoms with Gasteiger partial charge in [0.2, 0.25) is 0 Å². The Morgan fingerprint density at radius 3 is 2.85 bits per heavy atom. The summed E-state index contributed by atoms with van der Waals surface area (Å²) in [6.07, 6.45) is 2.56. The zero-order valence-corrected chi connectivity index (χ0v) is 11.7. The molecule has 0 saturated carbocycles. The molecule has 20 heavy (non-hydrogen) atoms. The number of hydrogen-bond acceptors (Lipinski definition) is 6. The lowest BCUT2D eigenvalue weighted by molar-refractivity contribution is -0.384. The fourth-order valence-electron chi connectivity index (χ4n) is 2.48. The highest BCUT2D eigenvalue weighted by Crippen LogP contribution is 2.19. The largest absolute Gasteiger partial charge is 0.383 e. The number of likely N-dealkylation sites (tertiary alicyclic amines) is 1. The maximum absolute atomic E-state index is 10.8. The second-order valence-corrected chi connectivity index (χ2v) is 5.39. The average Bonchev–Trinajstić information content (AvgIpc) is 2.88. The van der Waals surface area contributed by atoms with E-state index >= 15 is 0 Å². The monoisotopic (exact) mass is 279 g/mol. The molecule has 1 unspecified atom stereocenters. The molecule has 2 heterocycles. The first kappa shape index (κ1) is 14.5. The number of rotatable bonds is 6. The van der Waals surface area contributed by atoms with Crippen molar-refractivity contribution in [1.29, 1.82) is 0 Å². The van der Waals surface area contributed by atoms with Crippen LogP contribution in [-0.4, -0.2) is 41.0 Å². The Balaban J connectivity index is 1.87. The Labute approximate surface area is 118 Å². The minimum atomic E-state index is -0.461. The van der Waals surface area contributed by atoms with Gasteiger partial charge in [0.25, 0.3) is 5.69 Å². The Morgan fingerprint density at radius 1 is 1.50 bits per heavy atom. The molecule has 1 fully saturated rings. The van der Waals surface area contributed by atoms with Gasteiger partial charge in [0.1, 0.15) is 11.6 Å². The summed E-state index contributed by atoms with van der Waals surface area (Å²) < 4.78 is 0. The summed E-state index contributed by atoms with van der Waals surface area (Å²) in [5.74, 6) is 1.08. The fourth-order valence-corrected chi connectivity index (χ4v) is 2.48. The maximum atomic E-state index is 10.8. The summed E-state index contributed by atoms with van der Waals surface area (Å²) in [7, 11) is 0. The lowest BCUT2D eigenvalue weighted by atomic mass is 10.1. The van der Waals surface area contributed by atoms with E-state index in [1.54, 1.807) is 0 Å². The number of pyridine rings is 1. The summed E-state index contributed by atoms with van der Waals surface area (Å²) >= 11 is 0. The van der Waals surface area contributed by atoms with Gasteiger partial charge in [-0.2, -0.15) is 0 Å². The van der Waals surface area contributed by atoms with Crippen LogP contribution in [0.1, 0.15) is 19.8 Å². The van der Waals surface area contributed by atoms with E-state index in [2.05, 4.69) is 22.1 Å². The maximum Gasteiger partial charge on any atom is 0.276 e. The van der Waals surface area contributed by atoms with Crippen molar-refractivity contribution < 1.29 is 4.92 Å². The van der Waals surface area contributed by atoms with E-state index in [-0.39, 0.29) is 11.5 Å². The van der Waals surface area contributed by atoms with Crippen LogP contribution in [0.3, 0.4) is 0 Å². The van der Waals surface area contributed by atoms with Gasteiger partial charge < -0.3 is 16.0 Å². The predicted molar refractivity (Wildman–Crippen MR) is 78.6 cm³/mol. The van der Waals surface area contributed by atoms with Gasteiger partial charge in [0.15, 0.2) is 0 Å². The number of hydrogen-bond donors (Lipinski definition) is 2. The van der Waals surface area contributed by atoms with Crippen molar-refractivity contribution in [3.05, 3.63) is 22.2 Å². The second kappa shape index (κ2) is 6.51. The quantitative estimate of drug-likeness (QED) is 0.608. The SMILES string of the molecule is CC(CNc1cc([N+](=O)[O-])cc(N)n1)CN1CCCC1. The molecule has 110 valence electrons. The van der Waals surface area contributed by atoms with E-state index in [1.165, 1.54) is 38.1 Å². The van der Waals surface area contributed by atoms with Crippen molar-refractivity contribution in [2.45, 2.75) is 19.8 Å². The summed E-state index contributed by atoms with van der Waals surface area (Å²) in [4.78, 5) is 16.8. The van der Waals surface area contributed by atoms with Crippen molar-refractivity contribution in [2.75, 3.05) is 37.2 Å². The summed E-state index contributed by atoms with van der Waals surface area (Å²) in [5, 5.41) is 13.9. The molecule has 2 rings (SSSR count). The molecule has 1 aliphatic rings. The molecule has 1 atom stereocenters. The van der Waals surface area contributed by atoms with Crippen LogP contribution in [0.5, 0.6) is 0 Å². The van der Waals surface area contributed by atoms with Crippen LogP contribution in [0, 0.1) is 16.0 Å². The molecule has 7 nitrogen and oxygen atoms in total. The number of anilines is 2. The van der Waals surface area contributed by atoms with Gasteiger partial charge in [0, 0.05) is 13.1 Å². The number of nitrogen functional groups attached to an aromatic ring is 1. The van der Waals surface area contributed by atoms with E-state index in [9.17, 15) is 10.1 Å². The van der Waals surface area contributed by atoms with Gasteiger partial charge in [0.05, 0.1) is 17.1 Å². The van der Waals surface area contributed by atoms with Gasteiger partial charge in [-0.3, -0.25) is 10.1 Å². The summed E-state index contributed by atoms with van der Waals surface area (Å²) in [5.41, 5.74) is 5.54. The molecule has 0 amide bonds. The van der Waals surface area contributed by atoms with E-state index in [0.29, 0.717) is 11.7 Å². The van der Waals surface area contributed by atoms with E-state index in [4.69, 9.17) is 5.73 Å². The smallest absolute Gasteiger partial charge is 0.276 e. The molecule has 7 heteroatoms. The lowest BCUT2D eigenvalue weighted by Crippen LogP contribution is -2.29. The molecular formula is C13H21N5O2. The third-order valence-corrected chi connectivity index (χ3v) is 3.44. The Kier molecular flexibility index (Phi) is 4.73. The van der Waals surface area contributed by atoms with Crippen LogP contribution in [0.2, 0.25) is 0 Å². The van der Waals surface area contributed by atoms with Crippen LogP contribution < -0.4 is 11.1 Å². The molecule has 3 N–H and O–H groups in total. The molecule has 0 spiro atoms. The van der Waals surface area contributed by atoms with Gasteiger partial charge in [-0.1, -0.05) is 6.92 Å². The first-order valence-corrected chi connectivity index (χ1v) is 6.93. The summed E-state index contributed by atoms with van der Waals surface area (Å²) in [6.45, 7) is 6.27. The molecule has 0 aromatic carbocycles. The van der Waals surface area contributed by atoms with Crippen molar-refractivity contribution in [1.82, 2.24) is 9.88 Å². The highest BCUT2D eigenvalue weighted by Gasteiger charge is 2.15. The van der Waals surface area contributed by atoms with Gasteiger partial charge in [-0.15, -0.1) is 0 Å². The summed E-state index contributed by atoms with van der Waals surface area (Å²) in [6, 6.07) is 2.68. The number of nitrogens with zero attached hydrogens (tertiary/aromatic N) is 3. The Hall–Kier alpha value is -1.89. The number of nitro groups is 1. The molecular weight excluding hydrogens is 258 g/mol. The van der Waals surface area contributed by atoms with Crippen LogP contribution in [0.15, 0.2) is 12.1 Å². The Bertz CT molecular complexity index is 474. The normalized spacial score (nSPS) is 17.1. The zero-order chi connectivity index (χ0) is 14.5. The van der Waals surface area contributed by atoms with Gasteiger partial charge in [-0.05, 0) is 31.8 Å². The minimum absolute atomic E-state index is 0.0350. The van der Waals surface area contributed by atoms with Crippen molar-refractivity contribution in [3.8, 4) is 0 Å². The number of aromatic nitrogens is 1. The Morgan fingerprint density at radius 2 is 2.20 bits per heavy atom. The zero-order valence-electron chi connectivity index (χ0n) is 11.7. The van der Waals surface area contributed by atoms with Gasteiger partial charge in [-0.25, -0.2) is 4.98 Å². The lowest BCUT2D eigenvalue weighted by Gasteiger charge is -2.20. The third-order valence-electron chi connectivity index (χ3n) is 3.44. The van der Waals surface area contributed by atoms with Crippen LogP contribution in [0.25, 0.3) is 0 Å². The molecule has 1 saturated heterocycles. The molecule has 0 bridgehead atoms.